The third kappa shape index (κ3) is 4.65. The molecule has 3 rings (SSSR count). The second kappa shape index (κ2) is 9.28. The lowest BCUT2D eigenvalue weighted by atomic mass is 9.98. The van der Waals surface area contributed by atoms with Gasteiger partial charge in [-0.05, 0) is 24.1 Å². The number of carbonyl (C=O) groups is 2. The molecule has 0 saturated carbocycles. The molecule has 1 aromatic rings. The first-order chi connectivity index (χ1) is 13.8. The van der Waals surface area contributed by atoms with Crippen molar-refractivity contribution in [2.45, 2.75) is 38.4 Å². The van der Waals surface area contributed by atoms with Gasteiger partial charge in [0.25, 0.3) is 5.91 Å². The van der Waals surface area contributed by atoms with Gasteiger partial charge in [-0.3, -0.25) is 9.59 Å². The highest BCUT2D eigenvalue weighted by Crippen LogP contribution is 2.40. The average Bonchev–Trinajstić information content (AvgIpc) is 2.69. The standard InChI is InChI=1S/C20H22ClF2N3O2S/c1-2-3-6-25-20(28)12-9-26(8-11-4-5-13(21)14(22)7-11)17-18(27)15(24)10-29-19(17)16(12)23/h4-5,7,9,15,17H,2-3,6,8,10,24H2,1H3,(H,25,28)/t15-,17?/m0/s1. The number of rotatable bonds is 6. The SMILES string of the molecule is CCCCNC(=O)C1=CN(Cc2ccc(Cl)c(F)c2)C2C(=O)[C@@H](N)CSC2=C1F. The highest BCUT2D eigenvalue weighted by atomic mass is 35.5. The number of Topliss-reactive ketones (excluding diaryl/α,β-unsaturated/α-hetero) is 1. The van der Waals surface area contributed by atoms with Crippen LogP contribution in [0.25, 0.3) is 0 Å². The minimum Gasteiger partial charge on any atom is -0.358 e. The second-order valence-corrected chi connectivity index (χ2v) is 8.44. The minimum absolute atomic E-state index is 0.0168. The third-order valence-corrected chi connectivity index (χ3v) is 6.34. The zero-order chi connectivity index (χ0) is 21.1. The number of thioether (sulfide) groups is 1. The molecule has 29 heavy (non-hydrogen) atoms. The van der Waals surface area contributed by atoms with Crippen molar-refractivity contribution >= 4 is 35.1 Å². The Morgan fingerprint density at radius 1 is 1.41 bits per heavy atom. The molecule has 0 radical (unpaired) electrons. The third-order valence-electron chi connectivity index (χ3n) is 4.79. The Labute approximate surface area is 177 Å². The Bertz CT molecular complexity index is 890. The summed E-state index contributed by atoms with van der Waals surface area (Å²) in [7, 11) is 0. The van der Waals surface area contributed by atoms with Crippen molar-refractivity contribution in [2.75, 3.05) is 12.3 Å². The number of halogens is 3. The largest absolute Gasteiger partial charge is 0.358 e. The van der Waals surface area contributed by atoms with Crippen LogP contribution in [0.3, 0.4) is 0 Å². The molecule has 1 fully saturated rings. The summed E-state index contributed by atoms with van der Waals surface area (Å²) in [6, 6.07) is 2.62. The molecule has 2 atom stereocenters. The summed E-state index contributed by atoms with van der Waals surface area (Å²) in [5.41, 5.74) is 6.28. The van der Waals surface area contributed by atoms with Gasteiger partial charge in [0.2, 0.25) is 0 Å². The maximum absolute atomic E-state index is 15.1. The van der Waals surface area contributed by atoms with Crippen LogP contribution in [0.2, 0.25) is 5.02 Å². The first-order valence-electron chi connectivity index (χ1n) is 9.35. The molecule has 0 spiro atoms. The van der Waals surface area contributed by atoms with Gasteiger partial charge in [0, 0.05) is 25.0 Å². The minimum atomic E-state index is -0.935. The van der Waals surface area contributed by atoms with Gasteiger partial charge in [-0.25, -0.2) is 8.78 Å². The van der Waals surface area contributed by atoms with Crippen LogP contribution in [0, 0.1) is 5.82 Å². The molecule has 1 saturated heterocycles. The van der Waals surface area contributed by atoms with Crippen molar-refractivity contribution in [1.82, 2.24) is 10.2 Å². The van der Waals surface area contributed by atoms with Crippen molar-refractivity contribution in [1.29, 1.82) is 0 Å². The number of unbranched alkanes of at least 4 members (excludes halogenated alkanes) is 1. The average molecular weight is 442 g/mol. The summed E-state index contributed by atoms with van der Waals surface area (Å²) in [5, 5.41) is 2.68. The van der Waals surface area contributed by atoms with E-state index in [1.807, 2.05) is 6.92 Å². The molecule has 156 valence electrons. The number of benzene rings is 1. The van der Waals surface area contributed by atoms with E-state index in [0.717, 1.165) is 24.6 Å². The number of fused-ring (bicyclic) bond motifs is 1. The molecule has 2 aliphatic heterocycles. The zero-order valence-electron chi connectivity index (χ0n) is 15.9. The number of carbonyl (C=O) groups excluding carboxylic acids is 2. The lowest BCUT2D eigenvalue weighted by Crippen LogP contribution is -2.52. The van der Waals surface area contributed by atoms with Gasteiger partial charge in [-0.2, -0.15) is 0 Å². The summed E-state index contributed by atoms with van der Waals surface area (Å²) < 4.78 is 29.0. The van der Waals surface area contributed by atoms with E-state index in [2.05, 4.69) is 5.32 Å². The molecule has 1 amide bonds. The quantitative estimate of drug-likeness (QED) is 0.662. The Morgan fingerprint density at radius 3 is 2.86 bits per heavy atom. The lowest BCUT2D eigenvalue weighted by molar-refractivity contribution is -0.124. The van der Waals surface area contributed by atoms with Gasteiger partial charge in [-0.1, -0.05) is 31.0 Å². The van der Waals surface area contributed by atoms with E-state index in [0.29, 0.717) is 12.1 Å². The summed E-state index contributed by atoms with van der Waals surface area (Å²) >= 11 is 6.87. The summed E-state index contributed by atoms with van der Waals surface area (Å²) in [5.74, 6) is -1.92. The molecule has 5 nitrogen and oxygen atoms in total. The van der Waals surface area contributed by atoms with E-state index in [1.165, 1.54) is 18.3 Å². The Kier molecular flexibility index (Phi) is 6.97. The van der Waals surface area contributed by atoms with Gasteiger partial charge < -0.3 is 16.0 Å². The van der Waals surface area contributed by atoms with E-state index in [4.69, 9.17) is 17.3 Å². The molecular formula is C20H22ClF2N3O2S. The Balaban J connectivity index is 1.94. The highest BCUT2D eigenvalue weighted by molar-refractivity contribution is 8.03. The molecule has 1 unspecified atom stereocenters. The zero-order valence-corrected chi connectivity index (χ0v) is 17.5. The lowest BCUT2D eigenvalue weighted by Gasteiger charge is -2.39. The van der Waals surface area contributed by atoms with Gasteiger partial charge in [-0.15, -0.1) is 11.8 Å². The molecule has 2 aliphatic rings. The molecule has 0 bridgehead atoms. The fourth-order valence-electron chi connectivity index (χ4n) is 3.22. The smallest absolute Gasteiger partial charge is 0.255 e. The van der Waals surface area contributed by atoms with Crippen molar-refractivity contribution in [3.63, 3.8) is 0 Å². The molecule has 3 N–H and O–H groups in total. The van der Waals surface area contributed by atoms with Gasteiger partial charge in [0.15, 0.2) is 5.78 Å². The van der Waals surface area contributed by atoms with Crippen LogP contribution in [0.5, 0.6) is 0 Å². The maximum Gasteiger partial charge on any atom is 0.255 e. The molecule has 0 aliphatic carbocycles. The topological polar surface area (TPSA) is 75.4 Å². The van der Waals surface area contributed by atoms with E-state index >= 15 is 4.39 Å². The predicted octanol–water partition coefficient (Wildman–Crippen LogP) is 3.29. The molecule has 0 aromatic heterocycles. The van der Waals surface area contributed by atoms with Gasteiger partial charge >= 0.3 is 0 Å². The van der Waals surface area contributed by atoms with Crippen molar-refractivity contribution in [3.8, 4) is 0 Å². The van der Waals surface area contributed by atoms with Crippen molar-refractivity contribution in [3.05, 3.63) is 57.1 Å². The summed E-state index contributed by atoms with van der Waals surface area (Å²) in [6.45, 7) is 2.51. The highest BCUT2D eigenvalue weighted by Gasteiger charge is 2.42. The van der Waals surface area contributed by atoms with Crippen LogP contribution in [-0.2, 0) is 16.1 Å². The van der Waals surface area contributed by atoms with Gasteiger partial charge in [0.05, 0.1) is 21.5 Å². The fourth-order valence-corrected chi connectivity index (χ4v) is 4.50. The van der Waals surface area contributed by atoms with Crippen LogP contribution >= 0.6 is 23.4 Å². The summed E-state index contributed by atoms with van der Waals surface area (Å²) in [6.07, 6.45) is 2.99. The van der Waals surface area contributed by atoms with E-state index < -0.39 is 29.6 Å². The number of nitrogens with one attached hydrogen (secondary N) is 1. The Morgan fingerprint density at radius 2 is 2.17 bits per heavy atom. The molecule has 9 heteroatoms. The van der Waals surface area contributed by atoms with Crippen molar-refractivity contribution in [2.24, 2.45) is 5.73 Å². The first kappa shape index (κ1) is 21.8. The second-order valence-electron chi connectivity index (χ2n) is 6.97. The first-order valence-corrected chi connectivity index (χ1v) is 10.7. The van der Waals surface area contributed by atoms with Crippen molar-refractivity contribution < 1.29 is 18.4 Å². The summed E-state index contributed by atoms with van der Waals surface area (Å²) in [4.78, 5) is 27.0. The van der Waals surface area contributed by atoms with Crippen LogP contribution in [0.4, 0.5) is 8.78 Å². The number of nitrogens with zero attached hydrogens (tertiary/aromatic N) is 1. The normalized spacial score (nSPS) is 21.8. The van der Waals surface area contributed by atoms with Gasteiger partial charge in [0.1, 0.15) is 17.7 Å². The molecule has 2 heterocycles. The number of nitrogens with two attached hydrogens (primary N) is 1. The maximum atomic E-state index is 15.1. The number of hydrogen-bond acceptors (Lipinski definition) is 5. The monoisotopic (exact) mass is 441 g/mol. The number of amides is 1. The molecule has 1 aromatic carbocycles. The fraction of sp³-hybridized carbons (Fsp3) is 0.400. The number of hydrogen-bond donors (Lipinski definition) is 2. The predicted molar refractivity (Wildman–Crippen MR) is 110 cm³/mol. The Hall–Kier alpha value is -1.90. The molecular weight excluding hydrogens is 420 g/mol. The van der Waals surface area contributed by atoms with Crippen LogP contribution < -0.4 is 11.1 Å². The van der Waals surface area contributed by atoms with E-state index in [-0.39, 0.29) is 33.6 Å². The van der Waals surface area contributed by atoms with E-state index in [1.54, 1.807) is 11.0 Å². The van der Waals surface area contributed by atoms with E-state index in [9.17, 15) is 14.0 Å². The van der Waals surface area contributed by atoms with Crippen LogP contribution in [-0.4, -0.2) is 41.0 Å². The van der Waals surface area contributed by atoms with Crippen LogP contribution in [0.1, 0.15) is 25.3 Å². The van der Waals surface area contributed by atoms with Crippen LogP contribution in [0.15, 0.2) is 40.7 Å². The number of ketones is 1.